The first kappa shape index (κ1) is 11.6. The third-order valence-corrected chi connectivity index (χ3v) is 2.89. The Morgan fingerprint density at radius 2 is 2.12 bits per heavy atom. The molecule has 0 aliphatic carbocycles. The van der Waals surface area contributed by atoms with Gasteiger partial charge in [-0.15, -0.1) is 0 Å². The number of aliphatic hydroxyl groups is 1. The van der Waals surface area contributed by atoms with Crippen LogP contribution < -0.4 is 5.32 Å². The molecule has 0 aromatic heterocycles. The van der Waals surface area contributed by atoms with Crippen molar-refractivity contribution in [1.82, 2.24) is 5.32 Å². The molecule has 0 bridgehead atoms. The highest BCUT2D eigenvalue weighted by Gasteiger charge is 2.18. The summed E-state index contributed by atoms with van der Waals surface area (Å²) in [5.74, 6) is 0. The molecule has 0 spiro atoms. The molecule has 1 aliphatic heterocycles. The van der Waals surface area contributed by atoms with Crippen molar-refractivity contribution in [3.8, 4) is 0 Å². The van der Waals surface area contributed by atoms with Gasteiger partial charge in [-0.2, -0.15) is 0 Å². The molecule has 2 rings (SSSR count). The van der Waals surface area contributed by atoms with Gasteiger partial charge in [0.05, 0.1) is 18.8 Å². The van der Waals surface area contributed by atoms with Crippen molar-refractivity contribution < 1.29 is 9.84 Å². The maximum absolute atomic E-state index is 9.64. The number of ether oxygens (including phenoxy) is 1. The van der Waals surface area contributed by atoms with E-state index in [-0.39, 0.29) is 12.2 Å². The van der Waals surface area contributed by atoms with E-state index in [9.17, 15) is 5.11 Å². The molecule has 1 aromatic rings. The Bertz CT molecular complexity index is 302. The van der Waals surface area contributed by atoms with Crippen LogP contribution in [-0.2, 0) is 11.3 Å². The van der Waals surface area contributed by atoms with E-state index in [1.165, 1.54) is 5.56 Å². The monoisotopic (exact) mass is 221 g/mol. The molecular weight excluding hydrogens is 202 g/mol. The summed E-state index contributed by atoms with van der Waals surface area (Å²) in [7, 11) is 0. The van der Waals surface area contributed by atoms with Gasteiger partial charge in [-0.3, -0.25) is 0 Å². The van der Waals surface area contributed by atoms with Crippen molar-refractivity contribution in [3.05, 3.63) is 35.9 Å². The summed E-state index contributed by atoms with van der Waals surface area (Å²) >= 11 is 0. The summed E-state index contributed by atoms with van der Waals surface area (Å²) in [6.45, 7) is 2.34. The molecule has 2 unspecified atom stereocenters. The third-order valence-electron chi connectivity index (χ3n) is 2.89. The van der Waals surface area contributed by atoms with Crippen LogP contribution in [0.25, 0.3) is 0 Å². The van der Waals surface area contributed by atoms with Crippen LogP contribution in [0.4, 0.5) is 0 Å². The van der Waals surface area contributed by atoms with E-state index in [1.54, 1.807) is 0 Å². The van der Waals surface area contributed by atoms with E-state index in [1.807, 2.05) is 18.2 Å². The zero-order chi connectivity index (χ0) is 11.2. The van der Waals surface area contributed by atoms with Crippen LogP contribution in [0.3, 0.4) is 0 Å². The Hall–Kier alpha value is -0.900. The minimum absolute atomic E-state index is 0.123. The minimum atomic E-state index is -0.226. The molecule has 2 N–H and O–H groups in total. The smallest absolute Gasteiger partial charge is 0.0728 e. The fourth-order valence-corrected chi connectivity index (χ4v) is 1.95. The van der Waals surface area contributed by atoms with Gasteiger partial charge in [0.1, 0.15) is 0 Å². The zero-order valence-electron chi connectivity index (χ0n) is 9.43. The van der Waals surface area contributed by atoms with Crippen LogP contribution in [0.2, 0.25) is 0 Å². The summed E-state index contributed by atoms with van der Waals surface area (Å²) in [5, 5.41) is 12.9. The lowest BCUT2D eigenvalue weighted by molar-refractivity contribution is 0.0126. The van der Waals surface area contributed by atoms with E-state index in [4.69, 9.17) is 4.74 Å². The lowest BCUT2D eigenvalue weighted by Crippen LogP contribution is -2.27. The molecular formula is C13H19NO2. The van der Waals surface area contributed by atoms with Crippen molar-refractivity contribution in [3.63, 3.8) is 0 Å². The molecule has 1 saturated heterocycles. The van der Waals surface area contributed by atoms with Gasteiger partial charge < -0.3 is 15.2 Å². The van der Waals surface area contributed by atoms with Gasteiger partial charge in [-0.1, -0.05) is 30.3 Å². The number of aliphatic hydroxyl groups excluding tert-OH is 1. The average molecular weight is 221 g/mol. The van der Waals surface area contributed by atoms with Crippen LogP contribution in [-0.4, -0.2) is 30.4 Å². The van der Waals surface area contributed by atoms with Gasteiger partial charge in [-0.05, 0) is 18.5 Å². The number of benzene rings is 1. The molecule has 0 saturated carbocycles. The van der Waals surface area contributed by atoms with Crippen molar-refractivity contribution >= 4 is 0 Å². The highest BCUT2D eigenvalue weighted by atomic mass is 16.5. The Morgan fingerprint density at radius 1 is 1.31 bits per heavy atom. The third kappa shape index (κ3) is 3.59. The first-order valence-electron chi connectivity index (χ1n) is 5.89. The number of nitrogens with one attached hydrogen (secondary N) is 1. The van der Waals surface area contributed by atoms with Crippen LogP contribution in [0.5, 0.6) is 0 Å². The topological polar surface area (TPSA) is 41.5 Å². The van der Waals surface area contributed by atoms with Gasteiger partial charge >= 0.3 is 0 Å². The Kier molecular flexibility index (Phi) is 4.34. The van der Waals surface area contributed by atoms with E-state index >= 15 is 0 Å². The van der Waals surface area contributed by atoms with Crippen molar-refractivity contribution in [1.29, 1.82) is 0 Å². The number of hydrogen-bond acceptors (Lipinski definition) is 3. The quantitative estimate of drug-likeness (QED) is 0.808. The fourth-order valence-electron chi connectivity index (χ4n) is 1.95. The van der Waals surface area contributed by atoms with Gasteiger partial charge in [0.25, 0.3) is 0 Å². The zero-order valence-corrected chi connectivity index (χ0v) is 9.43. The molecule has 88 valence electrons. The largest absolute Gasteiger partial charge is 0.393 e. The van der Waals surface area contributed by atoms with Crippen molar-refractivity contribution in [2.24, 2.45) is 0 Å². The molecule has 0 radical (unpaired) electrons. The van der Waals surface area contributed by atoms with Gasteiger partial charge in [0.2, 0.25) is 0 Å². The number of rotatable bonds is 3. The number of hydrogen-bond donors (Lipinski definition) is 2. The fraction of sp³-hybridized carbons (Fsp3) is 0.538. The lowest BCUT2D eigenvalue weighted by atomic mass is 10.1. The predicted octanol–water partition coefficient (Wildman–Crippen LogP) is 1.32. The molecule has 3 heteroatoms. The van der Waals surface area contributed by atoms with Crippen LogP contribution in [0, 0.1) is 0 Å². The highest BCUT2D eigenvalue weighted by molar-refractivity contribution is 5.13. The molecule has 1 fully saturated rings. The predicted molar refractivity (Wildman–Crippen MR) is 63.1 cm³/mol. The van der Waals surface area contributed by atoms with Crippen LogP contribution in [0.15, 0.2) is 30.3 Å². The second-order valence-electron chi connectivity index (χ2n) is 4.30. The van der Waals surface area contributed by atoms with E-state index in [2.05, 4.69) is 17.4 Å². The molecule has 3 nitrogen and oxygen atoms in total. The summed E-state index contributed by atoms with van der Waals surface area (Å²) in [6.07, 6.45) is 1.46. The lowest BCUT2D eigenvalue weighted by Gasteiger charge is -2.17. The van der Waals surface area contributed by atoms with Crippen LogP contribution in [0.1, 0.15) is 18.4 Å². The maximum Gasteiger partial charge on any atom is 0.0728 e. The first-order chi connectivity index (χ1) is 7.84. The Labute approximate surface area is 96.4 Å². The second-order valence-corrected chi connectivity index (χ2v) is 4.30. The summed E-state index contributed by atoms with van der Waals surface area (Å²) in [6, 6.07) is 10.1. The average Bonchev–Trinajstić information content (AvgIpc) is 2.52. The molecule has 1 heterocycles. The molecule has 0 amide bonds. The minimum Gasteiger partial charge on any atom is -0.393 e. The highest BCUT2D eigenvalue weighted by Crippen LogP contribution is 2.11. The summed E-state index contributed by atoms with van der Waals surface area (Å²) in [5.41, 5.74) is 1.18. The van der Waals surface area contributed by atoms with Crippen molar-refractivity contribution in [2.75, 3.05) is 13.1 Å². The van der Waals surface area contributed by atoms with Gasteiger partial charge in [-0.25, -0.2) is 0 Å². The van der Waals surface area contributed by atoms with Crippen molar-refractivity contribution in [2.45, 2.75) is 31.7 Å². The Balaban J connectivity index is 1.80. The normalized spacial score (nSPS) is 26.3. The summed E-state index contributed by atoms with van der Waals surface area (Å²) in [4.78, 5) is 0. The second kappa shape index (κ2) is 5.99. The molecule has 16 heavy (non-hydrogen) atoms. The van der Waals surface area contributed by atoms with Gasteiger partial charge in [0, 0.05) is 13.0 Å². The molecule has 1 aromatic carbocycles. The first-order valence-corrected chi connectivity index (χ1v) is 5.89. The standard InChI is InChI=1S/C13H19NO2/c15-12-6-7-14-9-13(8-12)16-10-11-4-2-1-3-5-11/h1-5,12-15H,6-10H2. The maximum atomic E-state index is 9.64. The Morgan fingerprint density at radius 3 is 2.94 bits per heavy atom. The van der Waals surface area contributed by atoms with E-state index < -0.39 is 0 Å². The molecule has 1 aliphatic rings. The SMILES string of the molecule is OC1CCNCC(OCc2ccccc2)C1. The van der Waals surface area contributed by atoms with Gasteiger partial charge in [0.15, 0.2) is 0 Å². The van der Waals surface area contributed by atoms with E-state index in [0.29, 0.717) is 6.61 Å². The molecule has 2 atom stereocenters. The van der Waals surface area contributed by atoms with Crippen LogP contribution >= 0.6 is 0 Å². The van der Waals surface area contributed by atoms with E-state index in [0.717, 1.165) is 25.9 Å². The summed E-state index contributed by atoms with van der Waals surface area (Å²) < 4.78 is 5.80.